The summed E-state index contributed by atoms with van der Waals surface area (Å²) in [6, 6.07) is 11.8. The molecule has 3 fully saturated rings. The quantitative estimate of drug-likeness (QED) is 0.326. The van der Waals surface area contributed by atoms with E-state index in [4.69, 9.17) is 4.74 Å². The summed E-state index contributed by atoms with van der Waals surface area (Å²) in [7, 11) is 0. The first kappa shape index (κ1) is 22.3. The molecule has 2 aromatic carbocycles. The average Bonchev–Trinajstić information content (AvgIpc) is 3.76. The third-order valence-electron chi connectivity index (χ3n) is 7.63. The summed E-state index contributed by atoms with van der Waals surface area (Å²) in [5.41, 5.74) is 5.08. The van der Waals surface area contributed by atoms with Crippen molar-refractivity contribution < 1.29 is 17.9 Å². The lowest BCUT2D eigenvalue weighted by Crippen LogP contribution is -2.10. The van der Waals surface area contributed by atoms with Crippen molar-refractivity contribution in [3.05, 3.63) is 101 Å². The van der Waals surface area contributed by atoms with E-state index in [0.717, 1.165) is 59.2 Å². The molecule has 1 aromatic heterocycles. The van der Waals surface area contributed by atoms with E-state index in [0.29, 0.717) is 18.3 Å². The number of hydrogen-bond donors (Lipinski definition) is 0. The fourth-order valence-electron chi connectivity index (χ4n) is 5.68. The number of benzene rings is 2. The Hall–Kier alpha value is -3.21. The monoisotopic (exact) mass is 475 g/mol. The number of alkyl halides is 3. The highest BCUT2D eigenvalue weighted by molar-refractivity contribution is 5.87. The predicted molar refractivity (Wildman–Crippen MR) is 132 cm³/mol. The predicted octanol–water partition coefficient (Wildman–Crippen LogP) is 8.47. The lowest BCUT2D eigenvalue weighted by molar-refractivity contribution is -0.137. The molecule has 180 valence electrons. The van der Waals surface area contributed by atoms with E-state index < -0.39 is 11.7 Å². The molecule has 2 nitrogen and oxygen atoms in total. The van der Waals surface area contributed by atoms with E-state index in [-0.39, 0.29) is 5.69 Å². The van der Waals surface area contributed by atoms with Crippen LogP contribution < -0.4 is 0 Å². The minimum Gasteiger partial charge on any atom is -0.490 e. The van der Waals surface area contributed by atoms with Gasteiger partial charge in [0.05, 0.1) is 16.8 Å². The van der Waals surface area contributed by atoms with Crippen LogP contribution in [0.2, 0.25) is 0 Å². The normalized spacial score (nSPS) is 23.8. The van der Waals surface area contributed by atoms with E-state index in [1.807, 2.05) is 30.5 Å². The van der Waals surface area contributed by atoms with E-state index in [2.05, 4.69) is 19.6 Å². The molecule has 0 bridgehead atoms. The van der Waals surface area contributed by atoms with Crippen molar-refractivity contribution in [3.63, 3.8) is 0 Å². The maximum absolute atomic E-state index is 13.8. The number of rotatable bonds is 6. The lowest BCUT2D eigenvalue weighted by atomic mass is 10.0. The average molecular weight is 476 g/mol. The number of halogens is 3. The van der Waals surface area contributed by atoms with Crippen LogP contribution in [-0.4, -0.2) is 4.57 Å². The van der Waals surface area contributed by atoms with Crippen LogP contribution in [0.1, 0.15) is 55.2 Å². The Balaban J connectivity index is 1.31. The fraction of sp³-hybridized carbons (Fsp3) is 0.333. The number of hydrogen-bond acceptors (Lipinski definition) is 1. The van der Waals surface area contributed by atoms with Crippen molar-refractivity contribution >= 4 is 10.9 Å². The van der Waals surface area contributed by atoms with Gasteiger partial charge in [0.1, 0.15) is 12.4 Å². The van der Waals surface area contributed by atoms with Crippen molar-refractivity contribution in [2.45, 2.75) is 51.3 Å². The maximum Gasteiger partial charge on any atom is 0.418 e. The molecule has 0 N–H and O–H groups in total. The molecule has 0 aliphatic heterocycles. The Bertz CT molecular complexity index is 1390. The van der Waals surface area contributed by atoms with Gasteiger partial charge in [0.25, 0.3) is 0 Å². The number of para-hydroxylation sites is 1. The zero-order valence-electron chi connectivity index (χ0n) is 19.7. The smallest absolute Gasteiger partial charge is 0.418 e. The van der Waals surface area contributed by atoms with Gasteiger partial charge in [0.15, 0.2) is 0 Å². The second kappa shape index (κ2) is 8.18. The van der Waals surface area contributed by atoms with Crippen LogP contribution >= 0.6 is 0 Å². The molecule has 3 saturated carbocycles. The molecule has 3 aliphatic carbocycles. The van der Waals surface area contributed by atoms with Crippen LogP contribution in [0.15, 0.2) is 84.3 Å². The van der Waals surface area contributed by atoms with E-state index >= 15 is 0 Å². The summed E-state index contributed by atoms with van der Waals surface area (Å²) in [5.74, 6) is 2.55. The highest BCUT2D eigenvalue weighted by atomic mass is 19.4. The number of allylic oxidation sites excluding steroid dienone is 4. The summed E-state index contributed by atoms with van der Waals surface area (Å²) >= 11 is 0. The third kappa shape index (κ3) is 4.11. The fourth-order valence-corrected chi connectivity index (χ4v) is 5.68. The minimum absolute atomic E-state index is 0.155. The molecular formula is C30H28F3NO. The van der Waals surface area contributed by atoms with Gasteiger partial charge in [-0.25, -0.2) is 0 Å². The van der Waals surface area contributed by atoms with Crippen LogP contribution in [0.25, 0.3) is 16.6 Å². The standard InChI is InChI=1S/C30H28F3NO/c1-3-23-21(14-22-15-25(22)23)12-18(2)35-17-19-8-11-24-26(20-9-10-20)16-34(29(24)13-19)28-7-5-4-6-27(28)30(31,32)33/h3-8,11-13,16,20,22,25H,2,9-10,14-15,17H2,1H3/b21-12-,23-3+. The van der Waals surface area contributed by atoms with Crippen LogP contribution in [0.3, 0.4) is 0 Å². The van der Waals surface area contributed by atoms with Gasteiger partial charge in [-0.05, 0) is 96.9 Å². The molecule has 0 radical (unpaired) electrons. The highest BCUT2D eigenvalue weighted by Gasteiger charge is 2.46. The Morgan fingerprint density at radius 1 is 1.17 bits per heavy atom. The van der Waals surface area contributed by atoms with Gasteiger partial charge < -0.3 is 9.30 Å². The first-order valence-corrected chi connectivity index (χ1v) is 12.3. The van der Waals surface area contributed by atoms with Gasteiger partial charge in [-0.15, -0.1) is 0 Å². The molecule has 2 unspecified atom stereocenters. The van der Waals surface area contributed by atoms with Crippen LogP contribution in [0.5, 0.6) is 0 Å². The van der Waals surface area contributed by atoms with Gasteiger partial charge >= 0.3 is 6.18 Å². The Morgan fingerprint density at radius 2 is 1.97 bits per heavy atom. The van der Waals surface area contributed by atoms with Crippen molar-refractivity contribution in [2.75, 3.05) is 0 Å². The number of ether oxygens (including phenoxy) is 1. The molecule has 0 amide bonds. The maximum atomic E-state index is 13.8. The second-order valence-electron chi connectivity index (χ2n) is 10.1. The van der Waals surface area contributed by atoms with E-state index in [9.17, 15) is 13.2 Å². The summed E-state index contributed by atoms with van der Waals surface area (Å²) < 4.78 is 49.1. The van der Waals surface area contributed by atoms with Gasteiger partial charge in [0, 0.05) is 11.6 Å². The number of aromatic nitrogens is 1. The SMILES string of the molecule is C=C(/C=C1/CC2CC2/C1=C/C)OCc1ccc2c(C3CC3)cn(-c3ccccc3C(F)(F)F)c2c1. The summed E-state index contributed by atoms with van der Waals surface area (Å²) in [4.78, 5) is 0. The van der Waals surface area contributed by atoms with E-state index in [1.165, 1.54) is 23.6 Å². The second-order valence-corrected chi connectivity index (χ2v) is 10.1. The number of nitrogens with zero attached hydrogens (tertiary/aromatic N) is 1. The molecule has 0 spiro atoms. The Kier molecular flexibility index (Phi) is 5.21. The van der Waals surface area contributed by atoms with Crippen LogP contribution in [0.4, 0.5) is 13.2 Å². The van der Waals surface area contributed by atoms with Crippen LogP contribution in [0, 0.1) is 11.8 Å². The molecular weight excluding hydrogens is 447 g/mol. The highest BCUT2D eigenvalue weighted by Crippen LogP contribution is 2.57. The molecule has 1 heterocycles. The zero-order chi connectivity index (χ0) is 24.3. The molecule has 5 heteroatoms. The zero-order valence-corrected chi connectivity index (χ0v) is 19.7. The van der Waals surface area contributed by atoms with Gasteiger partial charge in [-0.3, -0.25) is 0 Å². The summed E-state index contributed by atoms with van der Waals surface area (Å²) in [5, 5.41) is 1.01. The van der Waals surface area contributed by atoms with Crippen LogP contribution in [-0.2, 0) is 17.5 Å². The molecule has 3 aromatic rings. The van der Waals surface area contributed by atoms with Crippen molar-refractivity contribution in [2.24, 2.45) is 11.8 Å². The van der Waals surface area contributed by atoms with Crippen molar-refractivity contribution in [1.29, 1.82) is 0 Å². The lowest BCUT2D eigenvalue weighted by Gasteiger charge is -2.15. The summed E-state index contributed by atoms with van der Waals surface area (Å²) in [6.07, 6.45) is 6.27. The van der Waals surface area contributed by atoms with Gasteiger partial charge in [-0.2, -0.15) is 13.2 Å². The van der Waals surface area contributed by atoms with Gasteiger partial charge in [0.2, 0.25) is 0 Å². The largest absolute Gasteiger partial charge is 0.490 e. The van der Waals surface area contributed by atoms with Gasteiger partial charge in [-0.1, -0.05) is 36.9 Å². The molecule has 3 aliphatic rings. The Labute approximate surface area is 203 Å². The Morgan fingerprint density at radius 3 is 2.71 bits per heavy atom. The minimum atomic E-state index is -4.43. The molecule has 0 saturated heterocycles. The summed E-state index contributed by atoms with van der Waals surface area (Å²) in [6.45, 7) is 6.50. The van der Waals surface area contributed by atoms with Crippen molar-refractivity contribution in [3.8, 4) is 5.69 Å². The number of fused-ring (bicyclic) bond motifs is 2. The first-order chi connectivity index (χ1) is 16.8. The van der Waals surface area contributed by atoms with Crippen molar-refractivity contribution in [1.82, 2.24) is 4.57 Å². The third-order valence-corrected chi connectivity index (χ3v) is 7.63. The molecule has 2 atom stereocenters. The first-order valence-electron chi connectivity index (χ1n) is 12.3. The molecule has 35 heavy (non-hydrogen) atoms. The topological polar surface area (TPSA) is 14.2 Å². The van der Waals surface area contributed by atoms with E-state index in [1.54, 1.807) is 16.7 Å². The molecule has 6 rings (SSSR count).